The van der Waals surface area contributed by atoms with Crippen LogP contribution < -0.4 is 4.74 Å². The van der Waals surface area contributed by atoms with Crippen LogP contribution in [0.4, 0.5) is 4.39 Å². The van der Waals surface area contributed by atoms with Gasteiger partial charge in [0.1, 0.15) is 12.2 Å². The molecule has 0 radical (unpaired) electrons. The Labute approximate surface area is 177 Å². The summed E-state index contributed by atoms with van der Waals surface area (Å²) >= 11 is 0. The lowest BCUT2D eigenvalue weighted by atomic mass is 9.68. The Bertz CT molecular complexity index is 773. The number of carbonyl (C=O) groups is 1. The van der Waals surface area contributed by atoms with Gasteiger partial charge >= 0.3 is 5.97 Å². The van der Waals surface area contributed by atoms with Crippen LogP contribution in [-0.2, 0) is 14.2 Å². The van der Waals surface area contributed by atoms with Crippen molar-refractivity contribution in [3.63, 3.8) is 0 Å². The molecule has 1 aromatic rings. The van der Waals surface area contributed by atoms with E-state index >= 15 is 0 Å². The average molecular weight is 422 g/mol. The molecule has 0 N–H and O–H groups in total. The van der Waals surface area contributed by atoms with Gasteiger partial charge in [-0.25, -0.2) is 9.18 Å². The minimum Gasteiger partial charge on any atom is -0.481 e. The van der Waals surface area contributed by atoms with Crippen LogP contribution in [0.3, 0.4) is 0 Å². The quantitative estimate of drug-likeness (QED) is 0.656. The molecule has 0 saturated carbocycles. The second kappa shape index (κ2) is 8.44. The topological polar surface area (TPSA) is 57.2 Å². The molecule has 166 valence electrons. The molecule has 3 aliphatic rings. The van der Waals surface area contributed by atoms with Crippen LogP contribution in [0.1, 0.15) is 50.4 Å². The molecule has 3 heterocycles. The highest BCUT2D eigenvalue weighted by Gasteiger charge is 2.60. The fourth-order valence-corrected chi connectivity index (χ4v) is 4.80. The molecular weight excluding hydrogens is 389 g/mol. The number of hydrogen-bond acceptors (Lipinski definition) is 6. The fourth-order valence-electron chi connectivity index (χ4n) is 4.80. The molecule has 0 spiro atoms. The van der Waals surface area contributed by atoms with E-state index in [1.165, 1.54) is 18.2 Å². The highest BCUT2D eigenvalue weighted by atomic mass is 19.1. The third kappa shape index (κ3) is 4.20. The standard InChI is InChI=1S/C23H32FNO5/c1-22(2,3)23(15-17-5-7-20(23)29-17)30-19-14-16(4-6-18(19)24)21(26)28-13-10-25-8-11-27-12-9-25/h4,6,14,17,20H,5,7-13,15H2,1-3H3. The Morgan fingerprint density at radius 3 is 2.67 bits per heavy atom. The molecule has 2 bridgehead atoms. The van der Waals surface area contributed by atoms with Crippen molar-refractivity contribution in [3.8, 4) is 5.75 Å². The number of nitrogens with zero attached hydrogens (tertiary/aromatic N) is 1. The number of esters is 1. The predicted molar refractivity (Wildman–Crippen MR) is 109 cm³/mol. The van der Waals surface area contributed by atoms with Crippen molar-refractivity contribution in [2.75, 3.05) is 39.5 Å². The molecule has 3 saturated heterocycles. The molecule has 0 amide bonds. The predicted octanol–water partition coefficient (Wildman–Crippen LogP) is 3.43. The van der Waals surface area contributed by atoms with Crippen molar-refractivity contribution in [1.82, 2.24) is 4.90 Å². The summed E-state index contributed by atoms with van der Waals surface area (Å²) in [6, 6.07) is 4.19. The second-order valence-electron chi connectivity index (χ2n) is 9.50. The van der Waals surface area contributed by atoms with Crippen molar-refractivity contribution >= 4 is 5.97 Å². The number of carbonyl (C=O) groups excluding carboxylic acids is 1. The monoisotopic (exact) mass is 421 g/mol. The Balaban J connectivity index is 1.44. The van der Waals surface area contributed by atoms with Gasteiger partial charge in [0, 0.05) is 31.5 Å². The van der Waals surface area contributed by atoms with Crippen LogP contribution in [0.5, 0.6) is 5.75 Å². The van der Waals surface area contributed by atoms with E-state index in [1.807, 2.05) is 0 Å². The van der Waals surface area contributed by atoms with Crippen LogP contribution in [-0.4, -0.2) is 68.1 Å². The molecule has 30 heavy (non-hydrogen) atoms. The summed E-state index contributed by atoms with van der Waals surface area (Å²) in [6.45, 7) is 10.3. The highest BCUT2D eigenvalue weighted by Crippen LogP contribution is 2.53. The van der Waals surface area contributed by atoms with E-state index < -0.39 is 17.4 Å². The fraction of sp³-hybridized carbons (Fsp3) is 0.696. The summed E-state index contributed by atoms with van der Waals surface area (Å²) in [7, 11) is 0. The van der Waals surface area contributed by atoms with E-state index in [2.05, 4.69) is 25.7 Å². The summed E-state index contributed by atoms with van der Waals surface area (Å²) in [5.74, 6) is -0.864. The van der Waals surface area contributed by atoms with Crippen molar-refractivity contribution in [2.45, 2.75) is 57.8 Å². The molecule has 1 aromatic carbocycles. The van der Waals surface area contributed by atoms with Gasteiger partial charge in [0.05, 0.1) is 31.0 Å². The zero-order valence-corrected chi connectivity index (χ0v) is 18.1. The number of rotatable bonds is 6. The number of hydrogen-bond donors (Lipinski definition) is 0. The van der Waals surface area contributed by atoms with Gasteiger partial charge in [-0.05, 0) is 31.0 Å². The minimum absolute atomic E-state index is 0.0639. The van der Waals surface area contributed by atoms with Gasteiger partial charge < -0.3 is 18.9 Å². The largest absolute Gasteiger partial charge is 0.481 e. The second-order valence-corrected chi connectivity index (χ2v) is 9.50. The zero-order chi connectivity index (χ0) is 21.4. The van der Waals surface area contributed by atoms with Gasteiger partial charge in [-0.15, -0.1) is 0 Å². The molecule has 0 aliphatic carbocycles. The summed E-state index contributed by atoms with van der Waals surface area (Å²) < 4.78 is 37.8. The first-order valence-electron chi connectivity index (χ1n) is 10.9. The maximum absolute atomic E-state index is 14.6. The number of fused-ring (bicyclic) bond motifs is 2. The lowest BCUT2D eigenvalue weighted by Gasteiger charge is -2.46. The van der Waals surface area contributed by atoms with Crippen molar-refractivity contribution in [2.24, 2.45) is 5.41 Å². The lowest BCUT2D eigenvalue weighted by Crippen LogP contribution is -2.55. The molecule has 0 aromatic heterocycles. The first-order chi connectivity index (χ1) is 14.3. The number of morpholine rings is 1. The Morgan fingerprint density at radius 2 is 2.03 bits per heavy atom. The smallest absolute Gasteiger partial charge is 0.338 e. The summed E-state index contributed by atoms with van der Waals surface area (Å²) in [5.41, 5.74) is -0.565. The minimum atomic E-state index is -0.615. The molecule has 6 nitrogen and oxygen atoms in total. The normalized spacial score (nSPS) is 29.2. The van der Waals surface area contributed by atoms with Crippen LogP contribution >= 0.6 is 0 Å². The van der Waals surface area contributed by atoms with Gasteiger partial charge in [-0.2, -0.15) is 0 Å². The number of benzene rings is 1. The first-order valence-corrected chi connectivity index (χ1v) is 10.9. The van der Waals surface area contributed by atoms with E-state index in [-0.39, 0.29) is 30.0 Å². The Kier molecular flexibility index (Phi) is 6.06. The third-order valence-electron chi connectivity index (χ3n) is 6.63. The van der Waals surface area contributed by atoms with Crippen LogP contribution in [0.2, 0.25) is 0 Å². The van der Waals surface area contributed by atoms with Crippen molar-refractivity contribution < 1.29 is 28.1 Å². The molecular formula is C23H32FNO5. The van der Waals surface area contributed by atoms with Gasteiger partial charge in [0.25, 0.3) is 0 Å². The zero-order valence-electron chi connectivity index (χ0n) is 18.1. The van der Waals surface area contributed by atoms with E-state index in [9.17, 15) is 9.18 Å². The lowest BCUT2D eigenvalue weighted by molar-refractivity contribution is -0.0837. The number of halogens is 1. The molecule has 3 fully saturated rings. The van der Waals surface area contributed by atoms with Crippen LogP contribution in [0.25, 0.3) is 0 Å². The highest BCUT2D eigenvalue weighted by molar-refractivity contribution is 5.89. The van der Waals surface area contributed by atoms with Crippen LogP contribution in [0, 0.1) is 11.2 Å². The average Bonchev–Trinajstić information content (AvgIpc) is 3.32. The summed E-state index contributed by atoms with van der Waals surface area (Å²) in [5, 5.41) is 0. The van der Waals surface area contributed by atoms with E-state index in [1.54, 1.807) is 0 Å². The van der Waals surface area contributed by atoms with Crippen molar-refractivity contribution in [1.29, 1.82) is 0 Å². The molecule has 7 heteroatoms. The van der Waals surface area contributed by atoms with Gasteiger partial charge in [0.2, 0.25) is 0 Å². The van der Waals surface area contributed by atoms with E-state index in [4.69, 9.17) is 18.9 Å². The van der Waals surface area contributed by atoms with Gasteiger partial charge in [0.15, 0.2) is 11.6 Å². The Morgan fingerprint density at radius 1 is 1.27 bits per heavy atom. The maximum Gasteiger partial charge on any atom is 0.338 e. The summed E-state index contributed by atoms with van der Waals surface area (Å²) in [4.78, 5) is 14.7. The first kappa shape index (κ1) is 21.5. The molecule has 3 atom stereocenters. The van der Waals surface area contributed by atoms with Crippen molar-refractivity contribution in [3.05, 3.63) is 29.6 Å². The van der Waals surface area contributed by atoms with E-state index in [0.717, 1.165) is 32.4 Å². The summed E-state index contributed by atoms with van der Waals surface area (Å²) in [6.07, 6.45) is 2.75. The van der Waals surface area contributed by atoms with Gasteiger partial charge in [-0.1, -0.05) is 20.8 Å². The third-order valence-corrected chi connectivity index (χ3v) is 6.63. The Hall–Kier alpha value is -1.70. The molecule has 4 rings (SSSR count). The maximum atomic E-state index is 14.6. The molecule has 3 aliphatic heterocycles. The van der Waals surface area contributed by atoms with E-state index in [0.29, 0.717) is 25.3 Å². The number of ether oxygens (including phenoxy) is 4. The SMILES string of the molecule is CC(C)(C)C1(Oc2cc(C(=O)OCCN3CCOCC3)ccc2F)CC2CCC1O2. The van der Waals surface area contributed by atoms with Crippen LogP contribution in [0.15, 0.2) is 18.2 Å². The van der Waals surface area contributed by atoms with Gasteiger partial charge in [-0.3, -0.25) is 4.90 Å². The molecule has 3 unspecified atom stereocenters.